The van der Waals surface area contributed by atoms with Crippen LogP contribution in [-0.2, 0) is 31.9 Å². The van der Waals surface area contributed by atoms with E-state index in [4.69, 9.17) is 18.6 Å². The number of benzene rings is 2. The highest BCUT2D eigenvalue weighted by Gasteiger charge is 2.49. The molecule has 0 saturated heterocycles. The maximum absolute atomic E-state index is 13.0. The van der Waals surface area contributed by atoms with Crippen LogP contribution in [-0.4, -0.2) is 39.5 Å². The third kappa shape index (κ3) is 7.63. The van der Waals surface area contributed by atoms with Crippen molar-refractivity contribution < 1.29 is 23.4 Å². The van der Waals surface area contributed by atoms with E-state index in [1.165, 1.54) is 0 Å². The molecule has 0 aromatic heterocycles. The van der Waals surface area contributed by atoms with Crippen molar-refractivity contribution in [3.63, 3.8) is 0 Å². The van der Waals surface area contributed by atoms with Crippen molar-refractivity contribution in [1.29, 1.82) is 0 Å². The van der Waals surface area contributed by atoms with E-state index in [1.807, 2.05) is 60.7 Å². The molecule has 0 heterocycles. The van der Waals surface area contributed by atoms with Crippen LogP contribution in [0.4, 0.5) is 0 Å². The molecule has 0 unspecified atom stereocenters. The number of ether oxygens (including phenoxy) is 3. The molecular weight excluding hydrogens is 480 g/mol. The highest BCUT2D eigenvalue weighted by molar-refractivity contribution is 6.74. The molecule has 0 N–H and O–H groups in total. The summed E-state index contributed by atoms with van der Waals surface area (Å²) in [5, 5.41) is 0.0208. The molecule has 0 bridgehead atoms. The maximum Gasteiger partial charge on any atom is 0.192 e. The van der Waals surface area contributed by atoms with Gasteiger partial charge in [0.05, 0.1) is 32.5 Å². The Morgan fingerprint density at radius 3 is 2.11 bits per heavy atom. The van der Waals surface area contributed by atoms with Crippen LogP contribution in [0.1, 0.15) is 52.2 Å². The lowest BCUT2D eigenvalue weighted by Crippen LogP contribution is -2.55. The fraction of sp³-hybridized carbons (Fsp3) is 0.516. The minimum Gasteiger partial charge on any atom is -0.497 e. The molecular formula is C31H44O5Si. The van der Waals surface area contributed by atoms with Crippen LogP contribution in [0.5, 0.6) is 5.75 Å². The number of rotatable bonds is 9. The zero-order valence-electron chi connectivity index (χ0n) is 23.7. The fourth-order valence-electron chi connectivity index (χ4n) is 4.28. The van der Waals surface area contributed by atoms with Gasteiger partial charge in [-0.05, 0) is 53.5 Å². The summed E-state index contributed by atoms with van der Waals surface area (Å²) in [6.45, 7) is 16.3. The number of ketones is 1. The van der Waals surface area contributed by atoms with Gasteiger partial charge in [-0.2, -0.15) is 0 Å². The molecule has 2 aromatic rings. The minimum absolute atomic E-state index is 0.0208. The molecule has 37 heavy (non-hydrogen) atoms. The van der Waals surface area contributed by atoms with E-state index >= 15 is 0 Å². The Hall–Kier alpha value is -2.25. The van der Waals surface area contributed by atoms with Crippen LogP contribution in [0.2, 0.25) is 18.1 Å². The third-order valence-corrected chi connectivity index (χ3v) is 12.3. The Bertz CT molecular complexity index is 1040. The summed E-state index contributed by atoms with van der Waals surface area (Å²) < 4.78 is 25.3. The fourth-order valence-corrected chi connectivity index (χ4v) is 5.73. The van der Waals surface area contributed by atoms with Crippen molar-refractivity contribution in [2.24, 2.45) is 5.41 Å². The van der Waals surface area contributed by atoms with Crippen LogP contribution >= 0.6 is 0 Å². The predicted octanol–water partition coefficient (Wildman–Crippen LogP) is 7.11. The zero-order chi connectivity index (χ0) is 27.3. The van der Waals surface area contributed by atoms with Gasteiger partial charge < -0.3 is 18.6 Å². The first-order valence-electron chi connectivity index (χ1n) is 13.1. The molecule has 0 spiro atoms. The smallest absolute Gasteiger partial charge is 0.192 e. The number of carbonyl (C=O) groups excluding carboxylic acids is 1. The van der Waals surface area contributed by atoms with Crippen molar-refractivity contribution >= 4 is 14.1 Å². The quantitative estimate of drug-likeness (QED) is 0.327. The van der Waals surface area contributed by atoms with Crippen LogP contribution in [0.3, 0.4) is 0 Å². The molecule has 0 amide bonds. The van der Waals surface area contributed by atoms with Gasteiger partial charge in [-0.3, -0.25) is 4.79 Å². The molecule has 202 valence electrons. The van der Waals surface area contributed by atoms with E-state index in [-0.39, 0.29) is 23.0 Å². The summed E-state index contributed by atoms with van der Waals surface area (Å²) in [7, 11) is -0.496. The van der Waals surface area contributed by atoms with E-state index < -0.39 is 19.8 Å². The Kier molecular flexibility index (Phi) is 9.56. The van der Waals surface area contributed by atoms with Gasteiger partial charge in [-0.15, -0.1) is 0 Å². The summed E-state index contributed by atoms with van der Waals surface area (Å²) >= 11 is 0. The van der Waals surface area contributed by atoms with Gasteiger partial charge in [0.25, 0.3) is 0 Å². The molecule has 0 saturated carbocycles. The Morgan fingerprint density at radius 2 is 1.51 bits per heavy atom. The summed E-state index contributed by atoms with van der Waals surface area (Å²) in [6.07, 6.45) is 2.80. The second kappa shape index (κ2) is 12.1. The summed E-state index contributed by atoms with van der Waals surface area (Å²) in [6, 6.07) is 18.0. The third-order valence-electron chi connectivity index (χ3n) is 7.84. The normalized spacial score (nSPS) is 23.2. The molecule has 1 aliphatic rings. The number of hydrogen-bond acceptors (Lipinski definition) is 5. The highest BCUT2D eigenvalue weighted by Crippen LogP contribution is 2.43. The molecule has 3 rings (SSSR count). The van der Waals surface area contributed by atoms with Gasteiger partial charge in [0, 0.05) is 11.8 Å². The number of hydrogen-bond donors (Lipinski definition) is 0. The summed E-state index contributed by atoms with van der Waals surface area (Å²) in [5.74, 6) is 0.863. The molecule has 1 aliphatic carbocycles. The summed E-state index contributed by atoms with van der Waals surface area (Å²) in [4.78, 5) is 13.0. The van der Waals surface area contributed by atoms with Gasteiger partial charge in [-0.1, -0.05) is 77.1 Å². The van der Waals surface area contributed by atoms with E-state index in [0.717, 1.165) is 16.9 Å². The van der Waals surface area contributed by atoms with Gasteiger partial charge >= 0.3 is 0 Å². The average molecular weight is 525 g/mol. The second-order valence-corrected chi connectivity index (χ2v) is 16.8. The second-order valence-electron chi connectivity index (χ2n) is 12.1. The van der Waals surface area contributed by atoms with Gasteiger partial charge in [0.1, 0.15) is 11.9 Å². The van der Waals surface area contributed by atoms with E-state index in [1.54, 1.807) is 13.2 Å². The molecule has 0 fully saturated rings. The lowest BCUT2D eigenvalue weighted by atomic mass is 9.75. The minimum atomic E-state index is -2.16. The monoisotopic (exact) mass is 524 g/mol. The molecule has 0 aliphatic heterocycles. The Morgan fingerprint density at radius 1 is 0.919 bits per heavy atom. The van der Waals surface area contributed by atoms with Crippen molar-refractivity contribution in [2.75, 3.05) is 7.11 Å². The van der Waals surface area contributed by atoms with E-state index in [0.29, 0.717) is 19.6 Å². The lowest BCUT2D eigenvalue weighted by Gasteiger charge is -2.48. The zero-order valence-corrected chi connectivity index (χ0v) is 24.7. The van der Waals surface area contributed by atoms with Gasteiger partial charge in [0.2, 0.25) is 0 Å². The molecule has 3 atom stereocenters. The van der Waals surface area contributed by atoms with Gasteiger partial charge in [-0.25, -0.2) is 0 Å². The van der Waals surface area contributed by atoms with Crippen molar-refractivity contribution in [3.8, 4) is 5.75 Å². The number of carbonyl (C=O) groups is 1. The van der Waals surface area contributed by atoms with Crippen LogP contribution in [0.25, 0.3) is 0 Å². The molecule has 5 nitrogen and oxygen atoms in total. The average Bonchev–Trinajstić information content (AvgIpc) is 2.84. The predicted molar refractivity (Wildman–Crippen MR) is 151 cm³/mol. The molecule has 0 radical (unpaired) electrons. The Labute approximate surface area is 224 Å². The topological polar surface area (TPSA) is 54.0 Å². The summed E-state index contributed by atoms with van der Waals surface area (Å²) in [5.41, 5.74) is 1.62. The van der Waals surface area contributed by atoms with Crippen LogP contribution in [0.15, 0.2) is 66.7 Å². The molecule has 6 heteroatoms. The number of allylic oxidation sites excluding steroid dienone is 1. The standard InChI is InChI=1S/C31H44O5Si/c1-30(2,3)37(7,8)36-28-20-25(32)16-19-27(34-21-23-12-10-9-11-13-23)29(31(28,4)5)35-22-24-14-17-26(33-6)18-15-24/h9-19,27-29H,20-22H2,1-8H3/b19-16-/t27-,28+,29+/m1/s1. The largest absolute Gasteiger partial charge is 0.497 e. The molecule has 2 aromatic carbocycles. The number of methoxy groups -OCH3 is 1. The van der Waals surface area contributed by atoms with Crippen LogP contribution < -0.4 is 4.74 Å². The van der Waals surface area contributed by atoms with Gasteiger partial charge in [0.15, 0.2) is 14.1 Å². The first-order chi connectivity index (χ1) is 17.3. The maximum atomic E-state index is 13.0. The van der Waals surface area contributed by atoms with Crippen molar-refractivity contribution in [3.05, 3.63) is 77.9 Å². The first kappa shape index (κ1) is 29.3. The lowest BCUT2D eigenvalue weighted by molar-refractivity contribution is -0.151. The van der Waals surface area contributed by atoms with Crippen molar-refractivity contribution in [2.45, 2.75) is 90.7 Å². The van der Waals surface area contributed by atoms with E-state index in [9.17, 15) is 4.79 Å². The van der Waals surface area contributed by atoms with Crippen LogP contribution in [0, 0.1) is 5.41 Å². The highest BCUT2D eigenvalue weighted by atomic mass is 28.4. The van der Waals surface area contributed by atoms with Crippen molar-refractivity contribution in [1.82, 2.24) is 0 Å². The SMILES string of the molecule is COc1ccc(CO[C@H]2[C@H](OCc3ccccc3)/C=C\C(=O)C[C@H](O[Si](C)(C)C(C)(C)C)C2(C)C)cc1. The first-order valence-corrected chi connectivity index (χ1v) is 16.0. The van der Waals surface area contributed by atoms with E-state index in [2.05, 4.69) is 47.7 Å². The Balaban J connectivity index is 1.93.